The lowest BCUT2D eigenvalue weighted by Gasteiger charge is -2.00. The minimum absolute atomic E-state index is 0.580. The maximum absolute atomic E-state index is 9.15. The summed E-state index contributed by atoms with van der Waals surface area (Å²) in [6, 6.07) is 20.7. The summed E-state index contributed by atoms with van der Waals surface area (Å²) in [6.45, 7) is 0.596. The van der Waals surface area contributed by atoms with E-state index in [1.54, 1.807) is 12.3 Å². The molecule has 3 aromatic rings. The second-order valence-corrected chi connectivity index (χ2v) is 5.52. The Morgan fingerprint density at radius 2 is 1.88 bits per heavy atom. The molecule has 1 heterocycles. The zero-order valence-electron chi connectivity index (χ0n) is 12.7. The van der Waals surface area contributed by atoms with Crippen LogP contribution in [-0.2, 0) is 6.54 Å². The molecule has 0 aliphatic carbocycles. The number of hydrogen-bond donors (Lipinski definition) is 1. The van der Waals surface area contributed by atoms with E-state index in [0.717, 1.165) is 11.1 Å². The molecular weight excluding hydrogens is 322 g/mol. The first-order chi connectivity index (χ1) is 11.8. The highest BCUT2D eigenvalue weighted by atomic mass is 35.5. The van der Waals surface area contributed by atoms with E-state index < -0.39 is 0 Å². The Morgan fingerprint density at radius 1 is 1.08 bits per heavy atom. The maximum atomic E-state index is 9.15. The van der Waals surface area contributed by atoms with Crippen molar-refractivity contribution in [1.82, 2.24) is 5.43 Å². The van der Waals surface area contributed by atoms with Gasteiger partial charge in [-0.3, -0.25) is 0 Å². The third-order valence-corrected chi connectivity index (χ3v) is 3.67. The molecule has 24 heavy (non-hydrogen) atoms. The van der Waals surface area contributed by atoms with E-state index in [9.17, 15) is 0 Å². The lowest BCUT2D eigenvalue weighted by atomic mass is 10.1. The van der Waals surface area contributed by atoms with Crippen molar-refractivity contribution in [2.75, 3.05) is 0 Å². The molecule has 1 aromatic heterocycles. The van der Waals surface area contributed by atoms with Crippen LogP contribution in [0.1, 0.15) is 16.9 Å². The Bertz CT molecular complexity index is 891. The molecule has 0 bridgehead atoms. The first-order valence-electron chi connectivity index (χ1n) is 7.36. The molecule has 0 spiro atoms. The molecule has 0 atom stereocenters. The first kappa shape index (κ1) is 15.9. The SMILES string of the molecule is N#Cc1ccccc1-c1ccc(/C=N\NCc2ccc(Cl)cc2)o1. The van der Waals surface area contributed by atoms with E-state index in [2.05, 4.69) is 16.6 Å². The number of halogens is 1. The van der Waals surface area contributed by atoms with Crippen LogP contribution >= 0.6 is 11.6 Å². The molecule has 0 aliphatic rings. The van der Waals surface area contributed by atoms with E-state index >= 15 is 0 Å². The highest BCUT2D eigenvalue weighted by Gasteiger charge is 2.07. The highest BCUT2D eigenvalue weighted by molar-refractivity contribution is 6.30. The van der Waals surface area contributed by atoms with Crippen molar-refractivity contribution < 1.29 is 4.42 Å². The zero-order chi connectivity index (χ0) is 16.8. The number of furan rings is 1. The first-order valence-corrected chi connectivity index (χ1v) is 7.74. The van der Waals surface area contributed by atoms with Crippen LogP contribution in [0.25, 0.3) is 11.3 Å². The van der Waals surface area contributed by atoms with Crippen molar-refractivity contribution in [3.05, 3.63) is 82.6 Å². The van der Waals surface area contributed by atoms with Gasteiger partial charge in [-0.15, -0.1) is 0 Å². The van der Waals surface area contributed by atoms with Crippen LogP contribution in [0.2, 0.25) is 5.02 Å². The fourth-order valence-corrected chi connectivity index (χ4v) is 2.34. The molecule has 0 amide bonds. The van der Waals surface area contributed by atoms with Crippen molar-refractivity contribution in [3.63, 3.8) is 0 Å². The molecule has 118 valence electrons. The topological polar surface area (TPSA) is 61.3 Å². The van der Waals surface area contributed by atoms with Crippen LogP contribution in [0.4, 0.5) is 0 Å². The Morgan fingerprint density at radius 3 is 2.67 bits per heavy atom. The van der Waals surface area contributed by atoms with Gasteiger partial charge in [-0.05, 0) is 42.0 Å². The summed E-state index contributed by atoms with van der Waals surface area (Å²) in [6.07, 6.45) is 1.61. The van der Waals surface area contributed by atoms with Gasteiger partial charge in [0, 0.05) is 10.6 Å². The number of hydrazone groups is 1. The van der Waals surface area contributed by atoms with Crippen LogP contribution in [0.5, 0.6) is 0 Å². The van der Waals surface area contributed by atoms with Gasteiger partial charge in [0.1, 0.15) is 11.5 Å². The smallest absolute Gasteiger partial charge is 0.147 e. The second-order valence-electron chi connectivity index (χ2n) is 5.08. The van der Waals surface area contributed by atoms with Gasteiger partial charge >= 0.3 is 0 Å². The molecule has 0 radical (unpaired) electrons. The average Bonchev–Trinajstić information content (AvgIpc) is 3.09. The van der Waals surface area contributed by atoms with Crippen LogP contribution in [0, 0.1) is 11.3 Å². The second kappa shape index (κ2) is 7.49. The molecule has 5 heteroatoms. The summed E-state index contributed by atoms with van der Waals surface area (Å²) in [4.78, 5) is 0. The van der Waals surface area contributed by atoms with E-state index in [1.165, 1.54) is 0 Å². The molecule has 2 aromatic carbocycles. The maximum Gasteiger partial charge on any atom is 0.147 e. The fraction of sp³-hybridized carbons (Fsp3) is 0.0526. The van der Waals surface area contributed by atoms with Crippen molar-refractivity contribution in [2.24, 2.45) is 5.10 Å². The van der Waals surface area contributed by atoms with Gasteiger partial charge in [0.05, 0.1) is 24.4 Å². The molecule has 0 fully saturated rings. The van der Waals surface area contributed by atoms with Crippen LogP contribution in [-0.4, -0.2) is 6.21 Å². The number of rotatable bonds is 5. The summed E-state index contributed by atoms with van der Waals surface area (Å²) in [5, 5.41) is 14.0. The third-order valence-electron chi connectivity index (χ3n) is 3.42. The van der Waals surface area contributed by atoms with Crippen molar-refractivity contribution in [3.8, 4) is 17.4 Å². The van der Waals surface area contributed by atoms with Gasteiger partial charge in [0.15, 0.2) is 0 Å². The highest BCUT2D eigenvalue weighted by Crippen LogP contribution is 2.24. The van der Waals surface area contributed by atoms with Crippen LogP contribution < -0.4 is 5.43 Å². The summed E-state index contributed by atoms with van der Waals surface area (Å²) >= 11 is 5.84. The van der Waals surface area contributed by atoms with Gasteiger partial charge in [-0.1, -0.05) is 35.9 Å². The number of nitriles is 1. The van der Waals surface area contributed by atoms with Crippen molar-refractivity contribution in [1.29, 1.82) is 5.26 Å². The van der Waals surface area contributed by atoms with Crippen molar-refractivity contribution in [2.45, 2.75) is 6.54 Å². The summed E-state index contributed by atoms with van der Waals surface area (Å²) in [7, 11) is 0. The predicted molar refractivity (Wildman–Crippen MR) is 94.7 cm³/mol. The lowest BCUT2D eigenvalue weighted by molar-refractivity contribution is 0.573. The Hall–Kier alpha value is -3.03. The average molecular weight is 336 g/mol. The monoisotopic (exact) mass is 335 g/mol. The molecular formula is C19H14ClN3O. The van der Waals surface area contributed by atoms with E-state index in [-0.39, 0.29) is 0 Å². The number of benzene rings is 2. The van der Waals surface area contributed by atoms with Crippen molar-refractivity contribution >= 4 is 17.8 Å². The lowest BCUT2D eigenvalue weighted by Crippen LogP contribution is -2.05. The molecule has 1 N–H and O–H groups in total. The Balaban J connectivity index is 1.63. The summed E-state index contributed by atoms with van der Waals surface area (Å²) in [5.74, 6) is 1.26. The fourth-order valence-electron chi connectivity index (χ4n) is 2.21. The van der Waals surface area contributed by atoms with Gasteiger partial charge in [-0.2, -0.15) is 10.4 Å². The van der Waals surface area contributed by atoms with Gasteiger partial charge in [0.25, 0.3) is 0 Å². The van der Waals surface area contributed by atoms with Gasteiger partial charge in [0.2, 0.25) is 0 Å². The molecule has 0 saturated carbocycles. The predicted octanol–water partition coefficient (Wildman–Crippen LogP) is 4.60. The van der Waals surface area contributed by atoms with Gasteiger partial charge in [-0.25, -0.2) is 0 Å². The number of nitrogens with zero attached hydrogens (tertiary/aromatic N) is 2. The van der Waals surface area contributed by atoms with Crippen LogP contribution in [0.15, 0.2) is 70.2 Å². The number of nitrogens with one attached hydrogen (secondary N) is 1. The normalized spacial score (nSPS) is 10.7. The Kier molecular flexibility index (Phi) is 4.95. The summed E-state index contributed by atoms with van der Waals surface area (Å²) in [5.41, 5.74) is 5.39. The Labute approximate surface area is 145 Å². The van der Waals surface area contributed by atoms with E-state index in [4.69, 9.17) is 21.3 Å². The molecule has 0 unspecified atom stereocenters. The quantitative estimate of drug-likeness (QED) is 0.547. The number of hydrogen-bond acceptors (Lipinski definition) is 4. The molecule has 0 saturated heterocycles. The molecule has 0 aliphatic heterocycles. The standard InChI is InChI=1S/C19H14ClN3O/c20-16-7-5-14(6-8-16)12-22-23-13-17-9-10-19(24-17)18-4-2-1-3-15(18)11-21/h1-10,13,22H,12H2/b23-13-. The van der Waals surface area contributed by atoms with Gasteiger partial charge < -0.3 is 9.84 Å². The van der Waals surface area contributed by atoms with E-state index in [0.29, 0.717) is 28.7 Å². The van der Waals surface area contributed by atoms with Crippen LogP contribution in [0.3, 0.4) is 0 Å². The zero-order valence-corrected chi connectivity index (χ0v) is 13.5. The summed E-state index contributed by atoms with van der Waals surface area (Å²) < 4.78 is 5.72. The molecule has 3 rings (SSSR count). The largest absolute Gasteiger partial charge is 0.455 e. The minimum atomic E-state index is 0.580. The molecule has 4 nitrogen and oxygen atoms in total. The van der Waals surface area contributed by atoms with E-state index in [1.807, 2.05) is 54.6 Å². The minimum Gasteiger partial charge on any atom is -0.455 e. The third kappa shape index (κ3) is 3.83.